The quantitative estimate of drug-likeness (QED) is 0.804. The number of hydrogen-bond acceptors (Lipinski definition) is 4. The van der Waals surface area contributed by atoms with Gasteiger partial charge in [-0.05, 0) is 49.9 Å². The molecule has 0 radical (unpaired) electrons. The van der Waals surface area contributed by atoms with E-state index in [1.54, 1.807) is 11.8 Å². The summed E-state index contributed by atoms with van der Waals surface area (Å²) in [6.45, 7) is 8.28. The van der Waals surface area contributed by atoms with Crippen LogP contribution in [0.3, 0.4) is 0 Å². The van der Waals surface area contributed by atoms with Gasteiger partial charge in [0.1, 0.15) is 18.0 Å². The number of benzene rings is 1. The van der Waals surface area contributed by atoms with Crippen LogP contribution in [0.5, 0.6) is 5.75 Å². The Hall–Kier alpha value is -1.59. The molecule has 1 heterocycles. The van der Waals surface area contributed by atoms with Crippen LogP contribution in [0.4, 0.5) is 0 Å². The molecule has 1 aromatic carbocycles. The van der Waals surface area contributed by atoms with Gasteiger partial charge in [0.25, 0.3) is 0 Å². The lowest BCUT2D eigenvalue weighted by atomic mass is 10.0. The standard InChI is InChI=1S/C23H36N2O3/c1-18-12-19(2)14-22(13-18)28-17-23(27)15-24(20(3)26)10-11-25(16-23)21-8-6-4-5-7-9-21/h12-14,21,27H,4-11,15-17H2,1-3H3. The molecule has 1 aromatic rings. The van der Waals surface area contributed by atoms with Crippen LogP contribution >= 0.6 is 0 Å². The minimum Gasteiger partial charge on any atom is -0.490 e. The summed E-state index contributed by atoms with van der Waals surface area (Å²) in [5.74, 6) is 0.804. The summed E-state index contributed by atoms with van der Waals surface area (Å²) >= 11 is 0. The van der Waals surface area contributed by atoms with Crippen LogP contribution in [0.1, 0.15) is 56.6 Å². The maximum Gasteiger partial charge on any atom is 0.219 e. The summed E-state index contributed by atoms with van der Waals surface area (Å²) in [5, 5.41) is 11.5. The van der Waals surface area contributed by atoms with Crippen molar-refractivity contribution in [1.82, 2.24) is 9.80 Å². The van der Waals surface area contributed by atoms with Crippen LogP contribution in [0, 0.1) is 13.8 Å². The normalized spacial score (nSPS) is 25.2. The highest BCUT2D eigenvalue weighted by molar-refractivity contribution is 5.73. The summed E-state index contributed by atoms with van der Waals surface area (Å²) in [7, 11) is 0. The predicted octanol–water partition coefficient (Wildman–Crippen LogP) is 3.30. The van der Waals surface area contributed by atoms with E-state index in [1.165, 1.54) is 38.5 Å². The Morgan fingerprint density at radius 3 is 2.32 bits per heavy atom. The molecule has 5 nitrogen and oxygen atoms in total. The first-order valence-electron chi connectivity index (χ1n) is 10.8. The number of carbonyl (C=O) groups excluding carboxylic acids is 1. The number of rotatable bonds is 4. The molecule has 28 heavy (non-hydrogen) atoms. The zero-order valence-electron chi connectivity index (χ0n) is 17.7. The SMILES string of the molecule is CC(=O)N1CCN(C2CCCCCC2)CC(O)(COc2cc(C)cc(C)c2)C1. The zero-order valence-corrected chi connectivity index (χ0v) is 17.7. The Morgan fingerprint density at radius 1 is 1.07 bits per heavy atom. The van der Waals surface area contributed by atoms with E-state index in [2.05, 4.69) is 11.0 Å². The lowest BCUT2D eigenvalue weighted by Gasteiger charge is -2.36. The summed E-state index contributed by atoms with van der Waals surface area (Å²) in [4.78, 5) is 16.3. The van der Waals surface area contributed by atoms with Gasteiger partial charge >= 0.3 is 0 Å². The van der Waals surface area contributed by atoms with Crippen molar-refractivity contribution in [3.8, 4) is 5.75 Å². The predicted molar refractivity (Wildman–Crippen MR) is 112 cm³/mol. The molecule has 1 saturated heterocycles. The molecule has 0 aromatic heterocycles. The number of hydrogen-bond donors (Lipinski definition) is 1. The Balaban J connectivity index is 1.74. The second-order valence-corrected chi connectivity index (χ2v) is 8.89. The average Bonchev–Trinajstić information content (AvgIpc) is 2.99. The minimum absolute atomic E-state index is 0.0209. The van der Waals surface area contributed by atoms with Crippen molar-refractivity contribution in [3.63, 3.8) is 0 Å². The Labute approximate surface area is 169 Å². The molecule has 156 valence electrons. The Kier molecular flexibility index (Phi) is 7.00. The van der Waals surface area contributed by atoms with Crippen LogP contribution in [-0.4, -0.2) is 65.2 Å². The highest BCUT2D eigenvalue weighted by Crippen LogP contribution is 2.26. The molecule has 1 amide bonds. The van der Waals surface area contributed by atoms with Gasteiger partial charge < -0.3 is 14.7 Å². The summed E-state index contributed by atoms with van der Waals surface area (Å²) in [5.41, 5.74) is 1.23. The molecule has 2 fully saturated rings. The van der Waals surface area contributed by atoms with Gasteiger partial charge in [-0.15, -0.1) is 0 Å². The molecule has 2 aliphatic rings. The number of ether oxygens (including phenoxy) is 1. The molecule has 5 heteroatoms. The first-order valence-corrected chi connectivity index (χ1v) is 10.8. The maximum atomic E-state index is 12.1. The number of β-amino-alcohol motifs (C(OH)–C–C–N with tert-alkyl or cyclic N) is 1. The van der Waals surface area contributed by atoms with E-state index < -0.39 is 5.60 Å². The van der Waals surface area contributed by atoms with Crippen molar-refractivity contribution in [2.45, 2.75) is 70.9 Å². The van der Waals surface area contributed by atoms with Crippen LogP contribution in [-0.2, 0) is 4.79 Å². The molecule has 1 saturated carbocycles. The lowest BCUT2D eigenvalue weighted by molar-refractivity contribution is -0.132. The zero-order chi connectivity index (χ0) is 20.1. The number of aliphatic hydroxyl groups is 1. The fraction of sp³-hybridized carbons (Fsp3) is 0.696. The van der Waals surface area contributed by atoms with Gasteiger partial charge in [0.2, 0.25) is 5.91 Å². The third-order valence-corrected chi connectivity index (χ3v) is 6.13. The van der Waals surface area contributed by atoms with Crippen LogP contribution in [0.15, 0.2) is 18.2 Å². The molecular formula is C23H36N2O3. The third-order valence-electron chi connectivity index (χ3n) is 6.13. The second-order valence-electron chi connectivity index (χ2n) is 8.89. The maximum absolute atomic E-state index is 12.1. The van der Waals surface area contributed by atoms with Crippen LogP contribution in [0.25, 0.3) is 0 Å². The number of carbonyl (C=O) groups is 1. The van der Waals surface area contributed by atoms with E-state index in [9.17, 15) is 9.90 Å². The molecule has 1 aliphatic carbocycles. The van der Waals surface area contributed by atoms with Crippen molar-refractivity contribution in [3.05, 3.63) is 29.3 Å². The summed E-state index contributed by atoms with van der Waals surface area (Å²) in [6, 6.07) is 6.61. The lowest BCUT2D eigenvalue weighted by Crippen LogP contribution is -2.53. The number of aryl methyl sites for hydroxylation is 2. The minimum atomic E-state index is -1.06. The van der Waals surface area contributed by atoms with Gasteiger partial charge in [-0.25, -0.2) is 0 Å². The molecular weight excluding hydrogens is 352 g/mol. The monoisotopic (exact) mass is 388 g/mol. The molecule has 1 atom stereocenters. The van der Waals surface area contributed by atoms with E-state index in [4.69, 9.17) is 4.74 Å². The van der Waals surface area contributed by atoms with E-state index in [1.807, 2.05) is 26.0 Å². The fourth-order valence-electron chi connectivity index (χ4n) is 4.72. The Bertz CT molecular complexity index is 650. The fourth-order valence-corrected chi connectivity index (χ4v) is 4.72. The molecule has 3 rings (SSSR count). The molecule has 0 spiro atoms. The molecule has 1 N–H and O–H groups in total. The number of amides is 1. The van der Waals surface area contributed by atoms with Gasteiger partial charge in [-0.1, -0.05) is 31.7 Å². The van der Waals surface area contributed by atoms with E-state index in [0.29, 0.717) is 25.7 Å². The molecule has 1 aliphatic heterocycles. The number of nitrogens with zero attached hydrogens (tertiary/aromatic N) is 2. The van der Waals surface area contributed by atoms with Gasteiger partial charge in [0.05, 0.1) is 6.54 Å². The van der Waals surface area contributed by atoms with Crippen molar-refractivity contribution >= 4 is 5.91 Å². The topological polar surface area (TPSA) is 53.0 Å². The van der Waals surface area contributed by atoms with Crippen LogP contribution in [0.2, 0.25) is 0 Å². The molecule has 0 bridgehead atoms. The van der Waals surface area contributed by atoms with Gasteiger partial charge in [0, 0.05) is 32.6 Å². The van der Waals surface area contributed by atoms with Gasteiger partial charge in [-0.3, -0.25) is 9.69 Å². The van der Waals surface area contributed by atoms with E-state index >= 15 is 0 Å². The van der Waals surface area contributed by atoms with Crippen molar-refractivity contribution in [2.24, 2.45) is 0 Å². The molecule has 1 unspecified atom stereocenters. The smallest absolute Gasteiger partial charge is 0.219 e. The van der Waals surface area contributed by atoms with E-state index in [-0.39, 0.29) is 12.5 Å². The highest BCUT2D eigenvalue weighted by Gasteiger charge is 2.38. The second kappa shape index (κ2) is 9.27. The van der Waals surface area contributed by atoms with Gasteiger partial charge in [-0.2, -0.15) is 0 Å². The van der Waals surface area contributed by atoms with Crippen molar-refractivity contribution in [1.29, 1.82) is 0 Å². The van der Waals surface area contributed by atoms with E-state index in [0.717, 1.165) is 23.4 Å². The summed E-state index contributed by atoms with van der Waals surface area (Å²) < 4.78 is 6.04. The summed E-state index contributed by atoms with van der Waals surface area (Å²) in [6.07, 6.45) is 7.51. The third kappa shape index (κ3) is 5.71. The largest absolute Gasteiger partial charge is 0.490 e. The van der Waals surface area contributed by atoms with Crippen molar-refractivity contribution in [2.75, 3.05) is 32.8 Å². The van der Waals surface area contributed by atoms with Crippen molar-refractivity contribution < 1.29 is 14.6 Å². The highest BCUT2D eigenvalue weighted by atomic mass is 16.5. The first kappa shape index (κ1) is 21.1. The Morgan fingerprint density at radius 2 is 1.71 bits per heavy atom. The average molecular weight is 389 g/mol. The first-order chi connectivity index (χ1) is 13.3. The van der Waals surface area contributed by atoms with Gasteiger partial charge in [0.15, 0.2) is 0 Å². The van der Waals surface area contributed by atoms with Crippen LogP contribution < -0.4 is 4.74 Å².